The van der Waals surface area contributed by atoms with E-state index in [1.54, 1.807) is 31.4 Å². The van der Waals surface area contributed by atoms with E-state index in [1.807, 2.05) is 0 Å². The monoisotopic (exact) mass is 371 g/mol. The molecule has 0 unspecified atom stereocenters. The number of nitrogen functional groups attached to an aromatic ring is 1. The fourth-order valence-corrected chi connectivity index (χ4v) is 1.80. The zero-order chi connectivity index (χ0) is 18.9. The van der Waals surface area contributed by atoms with Gasteiger partial charge in [0, 0.05) is 12.8 Å². The van der Waals surface area contributed by atoms with Crippen LogP contribution in [0, 0.1) is 0 Å². The molecule has 0 aliphatic heterocycles. The standard InChI is InChI=1S/C18H29NO7/c1-21-6-7-22-8-9-23-10-11-24-12-13-25-14-15-26-18(20)16-2-4-17(19)5-3-16/h2-5H,6-15,19H2,1H3. The third kappa shape index (κ3) is 11.8. The maximum atomic E-state index is 11.7. The number of nitrogens with two attached hydrogens (primary N) is 1. The van der Waals surface area contributed by atoms with Crippen LogP contribution in [0.5, 0.6) is 0 Å². The lowest BCUT2D eigenvalue weighted by atomic mass is 10.2. The van der Waals surface area contributed by atoms with Gasteiger partial charge in [0.1, 0.15) is 6.61 Å². The van der Waals surface area contributed by atoms with Gasteiger partial charge in [-0.05, 0) is 24.3 Å². The summed E-state index contributed by atoms with van der Waals surface area (Å²) in [5.74, 6) is -0.395. The van der Waals surface area contributed by atoms with Gasteiger partial charge in [-0.1, -0.05) is 0 Å². The van der Waals surface area contributed by atoms with E-state index in [9.17, 15) is 4.79 Å². The molecule has 0 atom stereocenters. The SMILES string of the molecule is COCCOCCOCCOCCOCCOC(=O)c1ccc(N)cc1. The minimum absolute atomic E-state index is 0.190. The number of benzene rings is 1. The maximum Gasteiger partial charge on any atom is 0.338 e. The summed E-state index contributed by atoms with van der Waals surface area (Å²) in [7, 11) is 1.63. The fourth-order valence-electron chi connectivity index (χ4n) is 1.80. The summed E-state index contributed by atoms with van der Waals surface area (Å²) in [5, 5.41) is 0. The van der Waals surface area contributed by atoms with Gasteiger partial charge >= 0.3 is 5.97 Å². The molecule has 0 saturated heterocycles. The molecule has 0 fully saturated rings. The smallest absolute Gasteiger partial charge is 0.338 e. The van der Waals surface area contributed by atoms with Gasteiger partial charge < -0.3 is 34.2 Å². The summed E-state index contributed by atoms with van der Waals surface area (Å²) in [6.45, 7) is 4.63. The summed E-state index contributed by atoms with van der Waals surface area (Å²) in [6.07, 6.45) is 0. The molecule has 1 rings (SSSR count). The van der Waals surface area contributed by atoms with E-state index >= 15 is 0 Å². The van der Waals surface area contributed by atoms with Crippen LogP contribution in [-0.2, 0) is 28.4 Å². The molecule has 0 amide bonds. The number of methoxy groups -OCH3 is 1. The first-order valence-corrected chi connectivity index (χ1v) is 8.56. The van der Waals surface area contributed by atoms with Crippen molar-refractivity contribution in [1.82, 2.24) is 0 Å². The van der Waals surface area contributed by atoms with Crippen molar-refractivity contribution in [1.29, 1.82) is 0 Å². The van der Waals surface area contributed by atoms with Crippen LogP contribution in [0.25, 0.3) is 0 Å². The molecular formula is C18H29NO7. The Hall–Kier alpha value is -1.71. The summed E-state index contributed by atoms with van der Waals surface area (Å²) < 4.78 is 31.2. The number of esters is 1. The Morgan fingerprint density at radius 3 is 1.62 bits per heavy atom. The largest absolute Gasteiger partial charge is 0.460 e. The highest BCUT2D eigenvalue weighted by Crippen LogP contribution is 2.06. The summed E-state index contributed by atoms with van der Waals surface area (Å²) in [6, 6.07) is 6.56. The van der Waals surface area contributed by atoms with Gasteiger partial charge in [0.15, 0.2) is 0 Å². The van der Waals surface area contributed by atoms with Crippen LogP contribution in [0.3, 0.4) is 0 Å². The predicted molar refractivity (Wildman–Crippen MR) is 96.3 cm³/mol. The molecule has 0 bridgehead atoms. The number of anilines is 1. The van der Waals surface area contributed by atoms with Crippen LogP contribution < -0.4 is 5.73 Å². The molecule has 8 heteroatoms. The van der Waals surface area contributed by atoms with Crippen molar-refractivity contribution in [2.45, 2.75) is 0 Å². The van der Waals surface area contributed by atoms with Crippen molar-refractivity contribution in [3.05, 3.63) is 29.8 Å². The highest BCUT2D eigenvalue weighted by atomic mass is 16.6. The predicted octanol–water partition coefficient (Wildman–Crippen LogP) is 1.14. The normalized spacial score (nSPS) is 10.8. The lowest BCUT2D eigenvalue weighted by molar-refractivity contribution is -0.0129. The minimum atomic E-state index is -0.395. The summed E-state index contributed by atoms with van der Waals surface area (Å²) >= 11 is 0. The Morgan fingerprint density at radius 2 is 1.15 bits per heavy atom. The lowest BCUT2D eigenvalue weighted by Crippen LogP contribution is -2.15. The van der Waals surface area contributed by atoms with E-state index in [0.717, 1.165) is 0 Å². The van der Waals surface area contributed by atoms with E-state index < -0.39 is 5.97 Å². The van der Waals surface area contributed by atoms with Gasteiger partial charge in [-0.3, -0.25) is 0 Å². The molecule has 8 nitrogen and oxygen atoms in total. The van der Waals surface area contributed by atoms with Crippen molar-refractivity contribution in [2.75, 3.05) is 78.9 Å². The van der Waals surface area contributed by atoms with Crippen LogP contribution in [0.1, 0.15) is 10.4 Å². The summed E-state index contributed by atoms with van der Waals surface area (Å²) in [5.41, 5.74) is 6.63. The zero-order valence-corrected chi connectivity index (χ0v) is 15.3. The van der Waals surface area contributed by atoms with Crippen molar-refractivity contribution in [3.8, 4) is 0 Å². The van der Waals surface area contributed by atoms with Gasteiger partial charge in [0.05, 0.1) is 65.0 Å². The topological polar surface area (TPSA) is 98.5 Å². The number of carbonyl (C=O) groups excluding carboxylic acids is 1. The number of ether oxygens (including phenoxy) is 6. The van der Waals surface area contributed by atoms with Crippen LogP contribution in [-0.4, -0.2) is 79.1 Å². The average Bonchev–Trinajstić information content (AvgIpc) is 2.65. The lowest BCUT2D eigenvalue weighted by Gasteiger charge is -2.08. The van der Waals surface area contributed by atoms with Crippen molar-refractivity contribution in [3.63, 3.8) is 0 Å². The first-order valence-electron chi connectivity index (χ1n) is 8.56. The van der Waals surface area contributed by atoms with E-state index in [1.165, 1.54) is 0 Å². The van der Waals surface area contributed by atoms with Crippen molar-refractivity contribution >= 4 is 11.7 Å². The molecule has 148 valence electrons. The van der Waals surface area contributed by atoms with Gasteiger partial charge in [-0.15, -0.1) is 0 Å². The Morgan fingerprint density at radius 1 is 0.731 bits per heavy atom. The second-order valence-electron chi connectivity index (χ2n) is 5.20. The molecule has 0 saturated carbocycles. The zero-order valence-electron chi connectivity index (χ0n) is 15.3. The second kappa shape index (κ2) is 15.5. The minimum Gasteiger partial charge on any atom is -0.460 e. The third-order valence-electron chi connectivity index (χ3n) is 3.16. The first kappa shape index (κ1) is 22.3. The molecule has 26 heavy (non-hydrogen) atoms. The third-order valence-corrected chi connectivity index (χ3v) is 3.16. The maximum absolute atomic E-state index is 11.7. The molecule has 0 aliphatic rings. The van der Waals surface area contributed by atoms with Crippen LogP contribution >= 0.6 is 0 Å². The molecular weight excluding hydrogens is 342 g/mol. The first-order chi connectivity index (χ1) is 12.7. The Kier molecular flexibility index (Phi) is 13.3. The quantitative estimate of drug-likeness (QED) is 0.262. The van der Waals surface area contributed by atoms with Crippen LogP contribution in [0.2, 0.25) is 0 Å². The van der Waals surface area contributed by atoms with Gasteiger partial charge in [-0.2, -0.15) is 0 Å². The molecule has 1 aromatic rings. The van der Waals surface area contributed by atoms with Crippen molar-refractivity contribution < 1.29 is 33.2 Å². The molecule has 0 radical (unpaired) electrons. The number of carbonyl (C=O) groups is 1. The van der Waals surface area contributed by atoms with Crippen LogP contribution in [0.15, 0.2) is 24.3 Å². The van der Waals surface area contributed by atoms with E-state index in [2.05, 4.69) is 0 Å². The Labute approximate surface area is 154 Å². The molecule has 0 spiro atoms. The molecule has 2 N–H and O–H groups in total. The number of hydrogen-bond acceptors (Lipinski definition) is 8. The highest BCUT2D eigenvalue weighted by molar-refractivity contribution is 5.89. The Balaban J connectivity index is 1.82. The van der Waals surface area contributed by atoms with Gasteiger partial charge in [0.2, 0.25) is 0 Å². The highest BCUT2D eigenvalue weighted by Gasteiger charge is 2.05. The van der Waals surface area contributed by atoms with E-state index in [0.29, 0.717) is 70.7 Å². The van der Waals surface area contributed by atoms with E-state index in [-0.39, 0.29) is 6.61 Å². The molecule has 0 aliphatic carbocycles. The fraction of sp³-hybridized carbons (Fsp3) is 0.611. The van der Waals surface area contributed by atoms with E-state index in [4.69, 9.17) is 34.2 Å². The van der Waals surface area contributed by atoms with Crippen molar-refractivity contribution in [2.24, 2.45) is 0 Å². The van der Waals surface area contributed by atoms with Gasteiger partial charge in [-0.25, -0.2) is 4.79 Å². The Bertz CT molecular complexity index is 467. The molecule has 0 aromatic heterocycles. The van der Waals surface area contributed by atoms with Crippen LogP contribution in [0.4, 0.5) is 5.69 Å². The number of hydrogen-bond donors (Lipinski definition) is 1. The molecule has 1 aromatic carbocycles. The average molecular weight is 371 g/mol. The molecule has 0 heterocycles. The van der Waals surface area contributed by atoms with Gasteiger partial charge in [0.25, 0.3) is 0 Å². The number of rotatable bonds is 16. The summed E-state index contributed by atoms with van der Waals surface area (Å²) in [4.78, 5) is 11.7. The second-order valence-corrected chi connectivity index (χ2v) is 5.20.